The van der Waals surface area contributed by atoms with Crippen LogP contribution in [0.15, 0.2) is 53.4 Å². The van der Waals surface area contributed by atoms with Crippen LogP contribution >= 0.6 is 11.8 Å². The molecular weight excluding hydrogens is 328 g/mol. The zero-order valence-electron chi connectivity index (χ0n) is 13.4. The number of amides is 2. The summed E-state index contributed by atoms with van der Waals surface area (Å²) >= 11 is 1.38. The molecule has 2 N–H and O–H groups in total. The molecule has 0 aliphatic carbocycles. The number of ether oxygens (including phenoxy) is 2. The van der Waals surface area contributed by atoms with Gasteiger partial charge in [-0.1, -0.05) is 18.2 Å². The molecule has 2 aromatic rings. The quantitative estimate of drug-likeness (QED) is 0.620. The highest BCUT2D eigenvalue weighted by atomic mass is 32.2. The van der Waals surface area contributed by atoms with Crippen molar-refractivity contribution in [2.45, 2.75) is 4.90 Å². The maximum atomic E-state index is 12.1. The third-order valence-electron chi connectivity index (χ3n) is 3.04. The molecule has 0 heterocycles. The highest BCUT2D eigenvalue weighted by molar-refractivity contribution is 8.00. The highest BCUT2D eigenvalue weighted by Gasteiger charge is 2.11. The number of rotatable bonds is 6. The Morgan fingerprint density at radius 1 is 0.958 bits per heavy atom. The van der Waals surface area contributed by atoms with Gasteiger partial charge < -0.3 is 9.47 Å². The molecule has 24 heavy (non-hydrogen) atoms. The van der Waals surface area contributed by atoms with E-state index < -0.39 is 5.91 Å². The molecule has 0 saturated carbocycles. The minimum atomic E-state index is -0.453. The second-order valence-corrected chi connectivity index (χ2v) is 5.75. The van der Waals surface area contributed by atoms with Gasteiger partial charge in [0.25, 0.3) is 5.91 Å². The Morgan fingerprint density at radius 2 is 1.58 bits per heavy atom. The van der Waals surface area contributed by atoms with E-state index in [-0.39, 0.29) is 11.7 Å². The number of methoxy groups -OCH3 is 2. The van der Waals surface area contributed by atoms with Crippen LogP contribution in [0.5, 0.6) is 11.5 Å². The van der Waals surface area contributed by atoms with Gasteiger partial charge in [0.05, 0.1) is 20.0 Å². The molecule has 2 rings (SSSR count). The second kappa shape index (κ2) is 8.83. The Kier molecular flexibility index (Phi) is 6.51. The molecule has 0 fully saturated rings. The van der Waals surface area contributed by atoms with Crippen molar-refractivity contribution in [2.75, 3.05) is 20.0 Å². The maximum absolute atomic E-state index is 12.1. The second-order valence-electron chi connectivity index (χ2n) is 4.71. The van der Waals surface area contributed by atoms with Gasteiger partial charge in [-0.25, -0.2) is 0 Å². The molecule has 0 radical (unpaired) electrons. The normalized spacial score (nSPS) is 9.92. The summed E-state index contributed by atoms with van der Waals surface area (Å²) in [6, 6.07) is 14.3. The maximum Gasteiger partial charge on any atom is 0.269 e. The molecule has 2 aromatic carbocycles. The van der Waals surface area contributed by atoms with Crippen molar-refractivity contribution >= 4 is 23.6 Å². The van der Waals surface area contributed by atoms with E-state index in [0.717, 1.165) is 4.90 Å². The smallest absolute Gasteiger partial charge is 0.269 e. The lowest BCUT2D eigenvalue weighted by Gasteiger charge is -2.10. The first kappa shape index (κ1) is 17.7. The van der Waals surface area contributed by atoms with E-state index in [1.165, 1.54) is 26.0 Å². The SMILES string of the molecule is COc1cc(OC)cc(C(=O)NNC(=O)CSc2ccccc2)c1. The van der Waals surface area contributed by atoms with E-state index in [4.69, 9.17) is 9.47 Å². The first-order valence-electron chi connectivity index (χ1n) is 7.12. The van der Waals surface area contributed by atoms with Gasteiger partial charge >= 0.3 is 0 Å². The largest absolute Gasteiger partial charge is 0.497 e. The van der Waals surface area contributed by atoms with Crippen molar-refractivity contribution in [3.05, 3.63) is 54.1 Å². The molecule has 0 atom stereocenters. The molecular formula is C17H18N2O4S. The minimum Gasteiger partial charge on any atom is -0.497 e. The Bertz CT molecular complexity index is 685. The van der Waals surface area contributed by atoms with Crippen molar-refractivity contribution in [2.24, 2.45) is 0 Å². The molecule has 126 valence electrons. The fourth-order valence-electron chi connectivity index (χ4n) is 1.84. The fourth-order valence-corrected chi connectivity index (χ4v) is 2.56. The number of carbonyl (C=O) groups is 2. The van der Waals surface area contributed by atoms with Crippen LogP contribution < -0.4 is 20.3 Å². The predicted octanol–water partition coefficient (Wildman–Crippen LogP) is 2.26. The number of hydrazine groups is 1. The number of carbonyl (C=O) groups excluding carboxylic acids is 2. The molecule has 0 aliphatic heterocycles. The van der Waals surface area contributed by atoms with Crippen molar-refractivity contribution < 1.29 is 19.1 Å². The van der Waals surface area contributed by atoms with Crippen molar-refractivity contribution in [3.63, 3.8) is 0 Å². The molecule has 0 spiro atoms. The van der Waals surface area contributed by atoms with Gasteiger partial charge in [0.15, 0.2) is 0 Å². The minimum absolute atomic E-state index is 0.200. The summed E-state index contributed by atoms with van der Waals surface area (Å²) in [5.74, 6) is 0.430. The lowest BCUT2D eigenvalue weighted by molar-refractivity contribution is -0.119. The number of hydrogen-bond donors (Lipinski definition) is 2. The average molecular weight is 346 g/mol. The van der Waals surface area contributed by atoms with E-state index in [1.54, 1.807) is 18.2 Å². The summed E-state index contributed by atoms with van der Waals surface area (Å²) < 4.78 is 10.2. The standard InChI is InChI=1S/C17H18N2O4S/c1-22-13-8-12(9-14(10-13)23-2)17(21)19-18-16(20)11-24-15-6-4-3-5-7-15/h3-10H,11H2,1-2H3,(H,18,20)(H,19,21). The van der Waals surface area contributed by atoms with Gasteiger partial charge in [-0.15, -0.1) is 11.8 Å². The lowest BCUT2D eigenvalue weighted by atomic mass is 10.2. The summed E-state index contributed by atoms with van der Waals surface area (Å²) in [7, 11) is 3.00. The Hall–Kier alpha value is -2.67. The van der Waals surface area contributed by atoms with Gasteiger partial charge in [-0.05, 0) is 24.3 Å². The van der Waals surface area contributed by atoms with Crippen LogP contribution in [0.1, 0.15) is 10.4 Å². The monoisotopic (exact) mass is 346 g/mol. The third-order valence-corrected chi connectivity index (χ3v) is 4.05. The Morgan fingerprint density at radius 3 is 2.17 bits per heavy atom. The van der Waals surface area contributed by atoms with Gasteiger partial charge in [0, 0.05) is 16.5 Å². The van der Waals surface area contributed by atoms with E-state index in [0.29, 0.717) is 17.1 Å². The number of hydrogen-bond acceptors (Lipinski definition) is 5. The molecule has 0 bridgehead atoms. The van der Waals surface area contributed by atoms with Gasteiger partial charge in [0.2, 0.25) is 5.91 Å². The van der Waals surface area contributed by atoms with Crippen LogP contribution in [0.4, 0.5) is 0 Å². The van der Waals surface area contributed by atoms with Crippen LogP contribution in [0.25, 0.3) is 0 Å². The van der Waals surface area contributed by atoms with Gasteiger partial charge in [0.1, 0.15) is 11.5 Å². The van der Waals surface area contributed by atoms with Crippen LogP contribution in [0.2, 0.25) is 0 Å². The molecule has 0 aromatic heterocycles. The number of thioether (sulfide) groups is 1. The first-order valence-corrected chi connectivity index (χ1v) is 8.11. The van der Waals surface area contributed by atoms with E-state index in [2.05, 4.69) is 10.9 Å². The van der Waals surface area contributed by atoms with E-state index in [1.807, 2.05) is 30.3 Å². The first-order chi connectivity index (χ1) is 11.6. The Balaban J connectivity index is 1.87. The van der Waals surface area contributed by atoms with E-state index in [9.17, 15) is 9.59 Å². The van der Waals surface area contributed by atoms with E-state index >= 15 is 0 Å². The molecule has 7 heteroatoms. The van der Waals surface area contributed by atoms with Crippen molar-refractivity contribution in [3.8, 4) is 11.5 Å². The zero-order chi connectivity index (χ0) is 17.4. The predicted molar refractivity (Wildman–Crippen MR) is 92.3 cm³/mol. The third kappa shape index (κ3) is 5.20. The Labute approximate surface area is 144 Å². The number of nitrogens with one attached hydrogen (secondary N) is 2. The van der Waals surface area contributed by atoms with Crippen LogP contribution in [-0.2, 0) is 4.79 Å². The van der Waals surface area contributed by atoms with Gasteiger partial charge in [-0.2, -0.15) is 0 Å². The summed E-state index contributed by atoms with van der Waals surface area (Å²) in [5, 5.41) is 0. The summed E-state index contributed by atoms with van der Waals surface area (Å²) in [6.07, 6.45) is 0. The molecule has 0 unspecified atom stereocenters. The topological polar surface area (TPSA) is 76.7 Å². The summed E-state index contributed by atoms with van der Waals surface area (Å²) in [4.78, 5) is 24.9. The number of benzene rings is 2. The van der Waals surface area contributed by atoms with Crippen LogP contribution in [0.3, 0.4) is 0 Å². The van der Waals surface area contributed by atoms with Crippen molar-refractivity contribution in [1.82, 2.24) is 10.9 Å². The molecule has 6 nitrogen and oxygen atoms in total. The summed E-state index contributed by atoms with van der Waals surface area (Å²) in [5.41, 5.74) is 5.08. The molecule has 2 amide bonds. The van der Waals surface area contributed by atoms with Crippen LogP contribution in [0, 0.1) is 0 Å². The zero-order valence-corrected chi connectivity index (χ0v) is 14.2. The van der Waals surface area contributed by atoms with Crippen LogP contribution in [-0.4, -0.2) is 31.8 Å². The molecule has 0 aliphatic rings. The fraction of sp³-hybridized carbons (Fsp3) is 0.176. The lowest BCUT2D eigenvalue weighted by Crippen LogP contribution is -2.42. The summed E-state index contributed by atoms with van der Waals surface area (Å²) in [6.45, 7) is 0. The van der Waals surface area contributed by atoms with Crippen molar-refractivity contribution in [1.29, 1.82) is 0 Å². The average Bonchev–Trinajstić information content (AvgIpc) is 2.64. The highest BCUT2D eigenvalue weighted by Crippen LogP contribution is 2.22. The van der Waals surface area contributed by atoms with Gasteiger partial charge in [-0.3, -0.25) is 20.4 Å². The molecule has 0 saturated heterocycles.